The highest BCUT2D eigenvalue weighted by molar-refractivity contribution is 9.10. The van der Waals surface area contributed by atoms with E-state index in [4.69, 9.17) is 10.00 Å². The molecular weight excluding hydrogens is 384 g/mol. The number of nitrogens with one attached hydrogen (secondary N) is 1. The fraction of sp³-hybridized carbons (Fsp3) is 0.105. The van der Waals surface area contributed by atoms with Gasteiger partial charge in [-0.1, -0.05) is 28.1 Å². The average Bonchev–Trinajstić information content (AvgIpc) is 2.62. The quantitative estimate of drug-likeness (QED) is 0.611. The van der Waals surface area contributed by atoms with Gasteiger partial charge in [-0.05, 0) is 55.0 Å². The summed E-state index contributed by atoms with van der Waals surface area (Å²) in [7, 11) is 0. The summed E-state index contributed by atoms with van der Waals surface area (Å²) in [6.45, 7) is 1.50. The largest absolute Gasteiger partial charge is 0.449 e. The van der Waals surface area contributed by atoms with E-state index in [1.807, 2.05) is 6.07 Å². The van der Waals surface area contributed by atoms with Gasteiger partial charge in [-0.3, -0.25) is 4.79 Å². The summed E-state index contributed by atoms with van der Waals surface area (Å²) >= 11 is 3.31. The number of ether oxygens (including phenoxy) is 1. The van der Waals surface area contributed by atoms with Crippen molar-refractivity contribution in [3.8, 4) is 6.07 Å². The van der Waals surface area contributed by atoms with Gasteiger partial charge in [-0.15, -0.1) is 0 Å². The molecule has 1 amide bonds. The third kappa shape index (κ3) is 5.90. The van der Waals surface area contributed by atoms with Crippen molar-refractivity contribution in [1.29, 1.82) is 5.26 Å². The van der Waals surface area contributed by atoms with Gasteiger partial charge in [0.05, 0.1) is 11.6 Å². The molecule has 0 saturated carbocycles. The Kier molecular flexibility index (Phi) is 6.49. The van der Waals surface area contributed by atoms with E-state index in [0.717, 1.165) is 10.0 Å². The standard InChI is InChI=1S/C19H15BrN2O3/c1-13(19(24)22-17-9-7-16(20)8-10-17)25-18(23)11-6-14-2-4-15(12-21)5-3-14/h2-11,13H,1H3,(H,22,24)/b11-6+/t13-/m0/s1. The molecule has 0 aliphatic carbocycles. The minimum Gasteiger partial charge on any atom is -0.449 e. The van der Waals surface area contributed by atoms with E-state index in [0.29, 0.717) is 11.3 Å². The monoisotopic (exact) mass is 398 g/mol. The fourth-order valence-corrected chi connectivity index (χ4v) is 2.14. The van der Waals surface area contributed by atoms with Crippen LogP contribution in [0.4, 0.5) is 5.69 Å². The van der Waals surface area contributed by atoms with Crippen LogP contribution in [0.2, 0.25) is 0 Å². The van der Waals surface area contributed by atoms with E-state index >= 15 is 0 Å². The number of benzene rings is 2. The van der Waals surface area contributed by atoms with Crippen molar-refractivity contribution in [3.05, 3.63) is 70.2 Å². The van der Waals surface area contributed by atoms with E-state index in [-0.39, 0.29) is 0 Å². The maximum absolute atomic E-state index is 12.0. The average molecular weight is 399 g/mol. The lowest BCUT2D eigenvalue weighted by atomic mass is 10.1. The summed E-state index contributed by atoms with van der Waals surface area (Å²) in [4.78, 5) is 23.8. The van der Waals surface area contributed by atoms with Crippen molar-refractivity contribution in [2.75, 3.05) is 5.32 Å². The smallest absolute Gasteiger partial charge is 0.331 e. The van der Waals surface area contributed by atoms with Gasteiger partial charge in [0.25, 0.3) is 5.91 Å². The first kappa shape index (κ1) is 18.4. The van der Waals surface area contributed by atoms with E-state index in [1.165, 1.54) is 13.0 Å². The Bertz CT molecular complexity index is 821. The third-order valence-corrected chi connectivity index (χ3v) is 3.75. The second-order valence-electron chi connectivity index (χ2n) is 5.14. The van der Waals surface area contributed by atoms with Crippen molar-refractivity contribution >= 4 is 39.6 Å². The zero-order chi connectivity index (χ0) is 18.2. The molecule has 2 rings (SSSR count). The summed E-state index contributed by atoms with van der Waals surface area (Å²) in [6, 6.07) is 15.8. The molecule has 0 heterocycles. The Morgan fingerprint density at radius 2 is 1.80 bits per heavy atom. The Morgan fingerprint density at radius 1 is 1.16 bits per heavy atom. The molecule has 2 aromatic rings. The Labute approximate surface area is 154 Å². The number of carbonyl (C=O) groups is 2. The number of rotatable bonds is 5. The molecule has 5 nitrogen and oxygen atoms in total. The van der Waals surface area contributed by atoms with Crippen molar-refractivity contribution < 1.29 is 14.3 Å². The molecule has 0 saturated heterocycles. The summed E-state index contributed by atoms with van der Waals surface area (Å²) < 4.78 is 5.98. The highest BCUT2D eigenvalue weighted by atomic mass is 79.9. The number of halogens is 1. The molecule has 0 aliphatic rings. The maximum atomic E-state index is 12.0. The lowest BCUT2D eigenvalue weighted by Gasteiger charge is -2.12. The fourth-order valence-electron chi connectivity index (χ4n) is 1.88. The van der Waals surface area contributed by atoms with Crippen molar-refractivity contribution in [2.45, 2.75) is 13.0 Å². The van der Waals surface area contributed by atoms with Crippen molar-refractivity contribution in [3.63, 3.8) is 0 Å². The van der Waals surface area contributed by atoms with Crippen LogP contribution in [-0.4, -0.2) is 18.0 Å². The third-order valence-electron chi connectivity index (χ3n) is 3.23. The predicted molar refractivity (Wildman–Crippen MR) is 98.5 cm³/mol. The molecule has 1 N–H and O–H groups in total. The summed E-state index contributed by atoms with van der Waals surface area (Å²) in [5, 5.41) is 11.4. The van der Waals surface area contributed by atoms with Crippen LogP contribution in [0.25, 0.3) is 6.08 Å². The molecule has 0 fully saturated rings. The van der Waals surface area contributed by atoms with Gasteiger partial charge < -0.3 is 10.1 Å². The highest BCUT2D eigenvalue weighted by Crippen LogP contribution is 2.14. The van der Waals surface area contributed by atoms with Crippen molar-refractivity contribution in [2.24, 2.45) is 0 Å². The van der Waals surface area contributed by atoms with Gasteiger partial charge in [-0.25, -0.2) is 4.79 Å². The number of hydrogen-bond acceptors (Lipinski definition) is 4. The molecule has 0 spiro atoms. The lowest BCUT2D eigenvalue weighted by molar-refractivity contribution is -0.148. The zero-order valence-electron chi connectivity index (χ0n) is 13.4. The summed E-state index contributed by atoms with van der Waals surface area (Å²) in [6.07, 6.45) is 1.87. The lowest BCUT2D eigenvalue weighted by Crippen LogP contribution is -2.29. The van der Waals surface area contributed by atoms with Crippen molar-refractivity contribution in [1.82, 2.24) is 0 Å². The molecule has 6 heteroatoms. The second kappa shape index (κ2) is 8.81. The number of esters is 1. The van der Waals surface area contributed by atoms with E-state index in [2.05, 4.69) is 21.2 Å². The Hall–Kier alpha value is -2.91. The molecule has 1 atom stereocenters. The van der Waals surface area contributed by atoms with Crippen LogP contribution in [-0.2, 0) is 14.3 Å². The number of nitrogens with zero attached hydrogens (tertiary/aromatic N) is 1. The number of hydrogen-bond donors (Lipinski definition) is 1. The van der Waals surface area contributed by atoms with Crippen LogP contribution < -0.4 is 5.32 Å². The number of carbonyl (C=O) groups excluding carboxylic acids is 2. The van der Waals surface area contributed by atoms with Crippen LogP contribution in [0.1, 0.15) is 18.1 Å². The van der Waals surface area contributed by atoms with Crippen LogP contribution >= 0.6 is 15.9 Å². The normalized spacial score (nSPS) is 11.6. The molecule has 0 unspecified atom stereocenters. The SMILES string of the molecule is C[C@H](OC(=O)/C=C/c1ccc(C#N)cc1)C(=O)Nc1ccc(Br)cc1. The second-order valence-corrected chi connectivity index (χ2v) is 6.06. The summed E-state index contributed by atoms with van der Waals surface area (Å²) in [5.74, 6) is -1.04. The topological polar surface area (TPSA) is 79.2 Å². The molecule has 0 aliphatic heterocycles. The maximum Gasteiger partial charge on any atom is 0.331 e. The van der Waals surface area contributed by atoms with E-state index in [1.54, 1.807) is 54.6 Å². The van der Waals surface area contributed by atoms with Gasteiger partial charge in [-0.2, -0.15) is 5.26 Å². The van der Waals surface area contributed by atoms with Gasteiger partial charge in [0, 0.05) is 16.2 Å². The number of amides is 1. The van der Waals surface area contributed by atoms with Crippen LogP contribution in [0, 0.1) is 11.3 Å². The Morgan fingerprint density at radius 3 is 2.40 bits per heavy atom. The van der Waals surface area contributed by atoms with Gasteiger partial charge in [0.15, 0.2) is 6.10 Å². The number of anilines is 1. The minimum atomic E-state index is -0.929. The van der Waals surface area contributed by atoms with E-state index in [9.17, 15) is 9.59 Å². The zero-order valence-corrected chi connectivity index (χ0v) is 15.0. The molecule has 126 valence electrons. The first-order chi connectivity index (χ1) is 12.0. The van der Waals surface area contributed by atoms with Crippen LogP contribution in [0.5, 0.6) is 0 Å². The van der Waals surface area contributed by atoms with Gasteiger partial charge in [0.2, 0.25) is 0 Å². The van der Waals surface area contributed by atoms with E-state index < -0.39 is 18.0 Å². The molecule has 0 radical (unpaired) electrons. The first-order valence-corrected chi connectivity index (χ1v) is 8.22. The molecule has 0 aromatic heterocycles. The van der Waals surface area contributed by atoms with Gasteiger partial charge in [0.1, 0.15) is 0 Å². The molecular formula is C19H15BrN2O3. The molecule has 25 heavy (non-hydrogen) atoms. The Balaban J connectivity index is 1.87. The number of nitriles is 1. The van der Waals surface area contributed by atoms with Crippen LogP contribution in [0.3, 0.4) is 0 Å². The molecule has 0 bridgehead atoms. The summed E-state index contributed by atoms with van der Waals surface area (Å²) in [5.41, 5.74) is 1.91. The van der Waals surface area contributed by atoms with Gasteiger partial charge >= 0.3 is 5.97 Å². The molecule has 2 aromatic carbocycles. The first-order valence-electron chi connectivity index (χ1n) is 7.43. The minimum absolute atomic E-state index is 0.414. The predicted octanol–water partition coefficient (Wildman–Crippen LogP) is 3.90. The highest BCUT2D eigenvalue weighted by Gasteiger charge is 2.16. The van der Waals surface area contributed by atoms with Crippen LogP contribution in [0.15, 0.2) is 59.1 Å².